The Labute approximate surface area is 187 Å². The van der Waals surface area contributed by atoms with Crippen molar-refractivity contribution in [1.29, 1.82) is 0 Å². The summed E-state index contributed by atoms with van der Waals surface area (Å²) in [7, 11) is -3.75. The van der Waals surface area contributed by atoms with Gasteiger partial charge in [0.2, 0.25) is 10.0 Å². The van der Waals surface area contributed by atoms with Gasteiger partial charge < -0.3 is 0 Å². The summed E-state index contributed by atoms with van der Waals surface area (Å²) in [6.45, 7) is 1.69. The number of ketones is 1. The van der Waals surface area contributed by atoms with Gasteiger partial charge in [-0.1, -0.05) is 18.5 Å². The maximum atomic E-state index is 15.1. The number of carbonyl (C=O) groups excluding carboxylic acids is 1. The number of carbonyl (C=O) groups is 1. The molecule has 8 nitrogen and oxygen atoms in total. The van der Waals surface area contributed by atoms with E-state index in [2.05, 4.69) is 24.9 Å². The highest BCUT2D eigenvalue weighted by Crippen LogP contribution is 2.29. The fourth-order valence-corrected chi connectivity index (χ4v) is 4.52. The minimum atomic E-state index is -3.75. The quantitative estimate of drug-likeness (QED) is 0.388. The van der Waals surface area contributed by atoms with Gasteiger partial charge in [0.25, 0.3) is 0 Å². The molecule has 2 N–H and O–H groups in total. The molecule has 0 aliphatic heterocycles. The maximum Gasteiger partial charge on any atom is 0.232 e. The summed E-state index contributed by atoms with van der Waals surface area (Å²) in [4.78, 5) is 21.9. The third-order valence-electron chi connectivity index (χ3n) is 4.64. The molecule has 0 aliphatic rings. The van der Waals surface area contributed by atoms with Gasteiger partial charge in [-0.3, -0.25) is 19.6 Å². The first-order valence-electron chi connectivity index (χ1n) is 9.59. The lowest BCUT2D eigenvalue weighted by atomic mass is 10.0. The SMILES string of the molecule is CCCS(=O)(=O)Nc1ccc(Cl)c(C(=O)c2ccc3ncc(-c4ccn[nH]4)nc3c2)c1F. The van der Waals surface area contributed by atoms with E-state index >= 15 is 4.39 Å². The number of nitrogens with one attached hydrogen (secondary N) is 2. The lowest BCUT2D eigenvalue weighted by molar-refractivity contribution is 0.103. The summed E-state index contributed by atoms with van der Waals surface area (Å²) in [6.07, 6.45) is 3.50. The molecule has 2 heterocycles. The standard InChI is InChI=1S/C21H17ClFN5O3S/c1-2-9-32(30,31)28-16-6-4-13(22)19(20(16)23)21(29)12-3-5-14-17(10-12)26-18(11-24-14)15-7-8-25-27-15/h3-8,10-11,28H,2,9H2,1H3,(H,25,27). The Bertz CT molecular complexity index is 1430. The fourth-order valence-electron chi connectivity index (χ4n) is 3.15. The highest BCUT2D eigenvalue weighted by molar-refractivity contribution is 7.92. The van der Waals surface area contributed by atoms with Crippen LogP contribution in [-0.2, 0) is 10.0 Å². The number of rotatable bonds is 7. The minimum Gasteiger partial charge on any atom is -0.288 e. The number of fused-ring (bicyclic) bond motifs is 1. The number of aromatic amines is 1. The molecule has 0 unspecified atom stereocenters. The van der Waals surface area contributed by atoms with E-state index in [0.717, 1.165) is 0 Å². The Balaban J connectivity index is 1.74. The summed E-state index contributed by atoms with van der Waals surface area (Å²) in [5.74, 6) is -1.93. The largest absolute Gasteiger partial charge is 0.288 e. The Hall–Kier alpha value is -3.37. The number of H-pyrrole nitrogens is 1. The van der Waals surface area contributed by atoms with E-state index in [1.54, 1.807) is 31.5 Å². The van der Waals surface area contributed by atoms with Gasteiger partial charge in [0, 0.05) is 11.8 Å². The van der Waals surface area contributed by atoms with Gasteiger partial charge in [-0.15, -0.1) is 0 Å². The van der Waals surface area contributed by atoms with Crippen LogP contribution in [0.15, 0.2) is 48.8 Å². The van der Waals surface area contributed by atoms with E-state index in [-0.39, 0.29) is 22.0 Å². The van der Waals surface area contributed by atoms with Crippen molar-refractivity contribution in [2.75, 3.05) is 10.5 Å². The lowest BCUT2D eigenvalue weighted by Crippen LogP contribution is -2.18. The number of sulfonamides is 1. The van der Waals surface area contributed by atoms with Crippen LogP contribution in [0.3, 0.4) is 0 Å². The zero-order valence-corrected chi connectivity index (χ0v) is 18.3. The Kier molecular flexibility index (Phi) is 5.90. The molecule has 0 radical (unpaired) electrons. The lowest BCUT2D eigenvalue weighted by Gasteiger charge is -2.12. The van der Waals surface area contributed by atoms with E-state index < -0.39 is 27.2 Å². The molecule has 0 spiro atoms. The van der Waals surface area contributed by atoms with Crippen LogP contribution in [0.1, 0.15) is 29.3 Å². The number of benzene rings is 2. The van der Waals surface area contributed by atoms with Crippen molar-refractivity contribution in [2.24, 2.45) is 0 Å². The van der Waals surface area contributed by atoms with Gasteiger partial charge in [-0.25, -0.2) is 17.8 Å². The Morgan fingerprint density at radius 3 is 2.72 bits per heavy atom. The fraction of sp³-hybridized carbons (Fsp3) is 0.143. The summed E-state index contributed by atoms with van der Waals surface area (Å²) in [5, 5.41) is 6.53. The van der Waals surface area contributed by atoms with E-state index in [9.17, 15) is 13.2 Å². The maximum absolute atomic E-state index is 15.1. The molecule has 4 rings (SSSR count). The van der Waals surface area contributed by atoms with Gasteiger partial charge >= 0.3 is 0 Å². The van der Waals surface area contributed by atoms with Crippen LogP contribution in [0.4, 0.5) is 10.1 Å². The number of aromatic nitrogens is 4. The molecule has 0 atom stereocenters. The normalized spacial score (nSPS) is 11.6. The second-order valence-electron chi connectivity index (χ2n) is 6.96. The minimum absolute atomic E-state index is 0.128. The topological polar surface area (TPSA) is 118 Å². The number of hydrogen-bond donors (Lipinski definition) is 2. The first kappa shape index (κ1) is 21.8. The highest BCUT2D eigenvalue weighted by atomic mass is 35.5. The molecule has 0 aliphatic carbocycles. The van der Waals surface area contributed by atoms with Crippen molar-refractivity contribution in [3.63, 3.8) is 0 Å². The number of anilines is 1. The van der Waals surface area contributed by atoms with Crippen LogP contribution in [0.5, 0.6) is 0 Å². The molecule has 164 valence electrons. The van der Waals surface area contributed by atoms with Crippen LogP contribution < -0.4 is 4.72 Å². The number of hydrogen-bond acceptors (Lipinski definition) is 6. The van der Waals surface area contributed by atoms with Gasteiger partial charge in [0.15, 0.2) is 11.6 Å². The van der Waals surface area contributed by atoms with Crippen LogP contribution in [0.25, 0.3) is 22.4 Å². The van der Waals surface area contributed by atoms with Crippen LogP contribution >= 0.6 is 11.6 Å². The average molecular weight is 474 g/mol. The van der Waals surface area contributed by atoms with E-state index in [1.165, 1.54) is 24.3 Å². The zero-order valence-electron chi connectivity index (χ0n) is 16.8. The zero-order chi connectivity index (χ0) is 22.9. The summed E-state index contributed by atoms with van der Waals surface area (Å²) < 4.78 is 41.4. The van der Waals surface area contributed by atoms with E-state index in [4.69, 9.17) is 11.6 Å². The molecule has 0 saturated carbocycles. The van der Waals surface area contributed by atoms with Crippen molar-refractivity contribution in [1.82, 2.24) is 20.2 Å². The van der Waals surface area contributed by atoms with E-state index in [0.29, 0.717) is 28.8 Å². The van der Waals surface area contributed by atoms with Crippen LogP contribution in [-0.4, -0.2) is 40.1 Å². The predicted molar refractivity (Wildman–Crippen MR) is 120 cm³/mol. The second kappa shape index (κ2) is 8.64. The monoisotopic (exact) mass is 473 g/mol. The second-order valence-corrected chi connectivity index (χ2v) is 9.21. The van der Waals surface area contributed by atoms with Crippen molar-refractivity contribution >= 4 is 44.1 Å². The smallest absolute Gasteiger partial charge is 0.232 e. The highest BCUT2D eigenvalue weighted by Gasteiger charge is 2.23. The van der Waals surface area contributed by atoms with Crippen LogP contribution in [0.2, 0.25) is 5.02 Å². The Morgan fingerprint density at radius 1 is 1.19 bits per heavy atom. The third kappa shape index (κ3) is 4.32. The first-order chi connectivity index (χ1) is 15.3. The average Bonchev–Trinajstić information content (AvgIpc) is 3.30. The van der Waals surface area contributed by atoms with Crippen molar-refractivity contribution in [3.05, 3.63) is 70.8 Å². The molecule has 11 heteroatoms. The van der Waals surface area contributed by atoms with Crippen molar-refractivity contribution in [2.45, 2.75) is 13.3 Å². The van der Waals surface area contributed by atoms with Gasteiger partial charge in [-0.05, 0) is 42.8 Å². The summed E-state index contributed by atoms with van der Waals surface area (Å²) in [6, 6.07) is 8.74. The number of halogens is 2. The third-order valence-corrected chi connectivity index (χ3v) is 6.43. The van der Waals surface area contributed by atoms with Gasteiger partial charge in [-0.2, -0.15) is 5.10 Å². The van der Waals surface area contributed by atoms with Gasteiger partial charge in [0.05, 0.1) is 45.0 Å². The van der Waals surface area contributed by atoms with Gasteiger partial charge in [0.1, 0.15) is 5.69 Å². The summed E-state index contributed by atoms with van der Waals surface area (Å²) in [5.41, 5.74) is 1.49. The molecule has 0 saturated heterocycles. The molecular formula is C21H17ClFN5O3S. The molecule has 0 fully saturated rings. The first-order valence-corrected chi connectivity index (χ1v) is 11.6. The molecule has 0 bridgehead atoms. The Morgan fingerprint density at radius 2 is 2.00 bits per heavy atom. The molecular weight excluding hydrogens is 457 g/mol. The number of nitrogens with zero attached hydrogens (tertiary/aromatic N) is 3. The van der Waals surface area contributed by atoms with Crippen molar-refractivity contribution in [3.8, 4) is 11.4 Å². The molecule has 32 heavy (non-hydrogen) atoms. The molecule has 0 amide bonds. The van der Waals surface area contributed by atoms with Crippen LogP contribution in [0, 0.1) is 5.82 Å². The van der Waals surface area contributed by atoms with Crippen molar-refractivity contribution < 1.29 is 17.6 Å². The molecule has 4 aromatic rings. The molecule has 2 aromatic carbocycles. The molecule has 2 aromatic heterocycles. The predicted octanol–water partition coefficient (Wildman–Crippen LogP) is 4.20. The summed E-state index contributed by atoms with van der Waals surface area (Å²) >= 11 is 6.11. The van der Waals surface area contributed by atoms with E-state index in [1.807, 2.05) is 0 Å².